The Morgan fingerprint density at radius 2 is 1.86 bits per heavy atom. The van der Waals surface area contributed by atoms with Crippen LogP contribution in [-0.4, -0.2) is 62.9 Å². The number of benzene rings is 1. The van der Waals surface area contributed by atoms with Crippen LogP contribution in [0.15, 0.2) is 54.2 Å². The molecule has 7 nitrogen and oxygen atoms in total. The molecule has 1 aliphatic rings. The topological polar surface area (TPSA) is 86.6 Å². The van der Waals surface area contributed by atoms with Gasteiger partial charge in [0, 0.05) is 55.1 Å². The molecule has 0 saturated carbocycles. The van der Waals surface area contributed by atoms with Crippen LogP contribution in [0.4, 0.5) is 0 Å². The van der Waals surface area contributed by atoms with Crippen molar-refractivity contribution >= 4 is 23.2 Å². The van der Waals surface area contributed by atoms with Crippen molar-refractivity contribution in [1.82, 2.24) is 19.8 Å². The maximum atomic E-state index is 12.6. The molecule has 2 amide bonds. The van der Waals surface area contributed by atoms with Gasteiger partial charge in [0.2, 0.25) is 5.91 Å². The number of piperazine rings is 1. The normalized spacial score (nSPS) is 14.1. The third-order valence-corrected chi connectivity index (χ3v) is 5.75. The van der Waals surface area contributed by atoms with E-state index in [-0.39, 0.29) is 24.0 Å². The number of aromatic nitrogens is 2. The SMILES string of the molecule is O=C(Cc1csc(-c2cccnc2)n1)N1CCN(C(=O)c2cccc(O)c2)CC1. The van der Waals surface area contributed by atoms with Crippen LogP contribution in [0.3, 0.4) is 0 Å². The number of carbonyl (C=O) groups is 2. The van der Waals surface area contributed by atoms with Crippen molar-refractivity contribution in [2.45, 2.75) is 6.42 Å². The lowest BCUT2D eigenvalue weighted by molar-refractivity contribution is -0.132. The molecule has 2 aromatic heterocycles. The summed E-state index contributed by atoms with van der Waals surface area (Å²) in [4.78, 5) is 37.3. The Bertz CT molecular complexity index is 1010. The Morgan fingerprint density at radius 1 is 1.07 bits per heavy atom. The second kappa shape index (κ2) is 8.40. The zero-order valence-corrected chi connectivity index (χ0v) is 16.5. The van der Waals surface area contributed by atoms with Crippen molar-refractivity contribution in [3.63, 3.8) is 0 Å². The maximum Gasteiger partial charge on any atom is 0.254 e. The van der Waals surface area contributed by atoms with Gasteiger partial charge in [0.25, 0.3) is 5.91 Å². The smallest absolute Gasteiger partial charge is 0.254 e. The van der Waals surface area contributed by atoms with E-state index in [1.807, 2.05) is 17.5 Å². The largest absolute Gasteiger partial charge is 0.508 e. The highest BCUT2D eigenvalue weighted by molar-refractivity contribution is 7.13. The number of thiazole rings is 1. The average Bonchev–Trinajstić information content (AvgIpc) is 3.22. The Morgan fingerprint density at radius 3 is 2.59 bits per heavy atom. The van der Waals surface area contributed by atoms with Gasteiger partial charge in [0.15, 0.2) is 0 Å². The molecule has 3 aromatic rings. The Balaban J connectivity index is 1.32. The summed E-state index contributed by atoms with van der Waals surface area (Å²) in [5.41, 5.74) is 2.14. The monoisotopic (exact) mass is 408 g/mol. The Hall–Kier alpha value is -3.26. The molecule has 1 N–H and O–H groups in total. The van der Waals surface area contributed by atoms with E-state index >= 15 is 0 Å². The minimum atomic E-state index is -0.131. The van der Waals surface area contributed by atoms with E-state index in [0.717, 1.165) is 16.3 Å². The molecule has 0 bridgehead atoms. The van der Waals surface area contributed by atoms with Gasteiger partial charge in [0.1, 0.15) is 10.8 Å². The lowest BCUT2D eigenvalue weighted by atomic mass is 10.1. The number of hydrogen-bond donors (Lipinski definition) is 1. The van der Waals surface area contributed by atoms with Crippen molar-refractivity contribution in [1.29, 1.82) is 0 Å². The molecule has 1 aliphatic heterocycles. The average molecular weight is 408 g/mol. The minimum absolute atomic E-state index is 0.0116. The van der Waals surface area contributed by atoms with Crippen LogP contribution in [0.5, 0.6) is 5.75 Å². The van der Waals surface area contributed by atoms with Crippen molar-refractivity contribution in [3.8, 4) is 16.3 Å². The molecule has 3 heterocycles. The predicted molar refractivity (Wildman–Crippen MR) is 110 cm³/mol. The number of phenolic OH excluding ortho intramolecular Hbond substituents is 1. The number of carbonyl (C=O) groups excluding carboxylic acids is 2. The lowest BCUT2D eigenvalue weighted by Crippen LogP contribution is -2.51. The van der Waals surface area contributed by atoms with E-state index in [2.05, 4.69) is 9.97 Å². The second-order valence-electron chi connectivity index (χ2n) is 6.79. The van der Waals surface area contributed by atoms with Gasteiger partial charge in [-0.2, -0.15) is 0 Å². The second-order valence-corrected chi connectivity index (χ2v) is 7.64. The summed E-state index contributed by atoms with van der Waals surface area (Å²) in [7, 11) is 0. The van der Waals surface area contributed by atoms with Crippen LogP contribution in [-0.2, 0) is 11.2 Å². The minimum Gasteiger partial charge on any atom is -0.508 e. The molecule has 0 spiro atoms. The van der Waals surface area contributed by atoms with Crippen molar-refractivity contribution < 1.29 is 14.7 Å². The van der Waals surface area contributed by atoms with E-state index < -0.39 is 0 Å². The quantitative estimate of drug-likeness (QED) is 0.717. The fourth-order valence-corrected chi connectivity index (χ4v) is 4.07. The standard InChI is InChI=1S/C21H20N4O3S/c26-18-5-1-3-15(11-18)21(28)25-9-7-24(8-10-25)19(27)12-17-14-29-20(23-17)16-4-2-6-22-13-16/h1-6,11,13-14,26H,7-10,12H2. The number of hydrogen-bond acceptors (Lipinski definition) is 6. The van der Waals surface area contributed by atoms with Crippen LogP contribution in [0.2, 0.25) is 0 Å². The van der Waals surface area contributed by atoms with Gasteiger partial charge in [-0.3, -0.25) is 14.6 Å². The van der Waals surface area contributed by atoms with Gasteiger partial charge in [-0.25, -0.2) is 4.98 Å². The number of amides is 2. The molecule has 1 saturated heterocycles. The zero-order chi connectivity index (χ0) is 20.2. The molecule has 148 valence electrons. The number of aromatic hydroxyl groups is 1. The van der Waals surface area contributed by atoms with Gasteiger partial charge in [-0.15, -0.1) is 11.3 Å². The summed E-state index contributed by atoms with van der Waals surface area (Å²) in [5, 5.41) is 12.3. The van der Waals surface area contributed by atoms with Crippen molar-refractivity contribution in [2.75, 3.05) is 26.2 Å². The summed E-state index contributed by atoms with van der Waals surface area (Å²) in [6, 6.07) is 10.1. The van der Waals surface area contributed by atoms with E-state index in [9.17, 15) is 14.7 Å². The Labute approximate surface area is 172 Å². The molecule has 0 aliphatic carbocycles. The maximum absolute atomic E-state index is 12.6. The molecule has 0 unspecified atom stereocenters. The van der Waals surface area contributed by atoms with Crippen molar-refractivity contribution in [2.24, 2.45) is 0 Å². The van der Waals surface area contributed by atoms with Gasteiger partial charge in [0.05, 0.1) is 12.1 Å². The van der Waals surface area contributed by atoms with Crippen LogP contribution >= 0.6 is 11.3 Å². The molecular weight excluding hydrogens is 388 g/mol. The number of nitrogens with zero attached hydrogens (tertiary/aromatic N) is 4. The molecule has 29 heavy (non-hydrogen) atoms. The highest BCUT2D eigenvalue weighted by atomic mass is 32.1. The first-order valence-electron chi connectivity index (χ1n) is 9.31. The van der Waals surface area contributed by atoms with Gasteiger partial charge < -0.3 is 14.9 Å². The molecule has 4 rings (SSSR count). The predicted octanol–water partition coefficient (Wildman–Crippen LogP) is 2.44. The van der Waals surface area contributed by atoms with Gasteiger partial charge >= 0.3 is 0 Å². The fraction of sp³-hybridized carbons (Fsp3) is 0.238. The van der Waals surface area contributed by atoms with Gasteiger partial charge in [-0.1, -0.05) is 6.07 Å². The lowest BCUT2D eigenvalue weighted by Gasteiger charge is -2.34. The third kappa shape index (κ3) is 4.43. The molecule has 1 aromatic carbocycles. The molecule has 1 fully saturated rings. The van der Waals surface area contributed by atoms with Crippen LogP contribution in [0.25, 0.3) is 10.6 Å². The van der Waals surface area contributed by atoms with Crippen LogP contribution in [0, 0.1) is 0 Å². The number of rotatable bonds is 4. The van der Waals surface area contributed by atoms with E-state index in [0.29, 0.717) is 31.7 Å². The highest BCUT2D eigenvalue weighted by Gasteiger charge is 2.25. The first-order chi connectivity index (χ1) is 14.1. The molecular formula is C21H20N4O3S. The summed E-state index contributed by atoms with van der Waals surface area (Å²) in [6.07, 6.45) is 3.72. The summed E-state index contributed by atoms with van der Waals surface area (Å²) < 4.78 is 0. The Kier molecular flexibility index (Phi) is 5.53. The molecule has 0 atom stereocenters. The molecule has 8 heteroatoms. The highest BCUT2D eigenvalue weighted by Crippen LogP contribution is 2.23. The summed E-state index contributed by atoms with van der Waals surface area (Å²) in [5.74, 6) is -0.0512. The third-order valence-electron chi connectivity index (χ3n) is 4.81. The van der Waals surface area contributed by atoms with Gasteiger partial charge in [-0.05, 0) is 30.3 Å². The fourth-order valence-electron chi connectivity index (χ4n) is 3.26. The van der Waals surface area contributed by atoms with Crippen LogP contribution < -0.4 is 0 Å². The summed E-state index contributed by atoms with van der Waals surface area (Å²) in [6.45, 7) is 1.92. The number of phenols is 1. The van der Waals surface area contributed by atoms with Crippen LogP contribution in [0.1, 0.15) is 16.1 Å². The summed E-state index contributed by atoms with van der Waals surface area (Å²) >= 11 is 1.50. The van der Waals surface area contributed by atoms with Crippen molar-refractivity contribution in [3.05, 3.63) is 65.4 Å². The van der Waals surface area contributed by atoms with E-state index in [4.69, 9.17) is 0 Å². The van der Waals surface area contributed by atoms with E-state index in [1.165, 1.54) is 23.5 Å². The number of pyridine rings is 1. The first-order valence-corrected chi connectivity index (χ1v) is 10.2. The molecule has 0 radical (unpaired) electrons. The van der Waals surface area contributed by atoms with E-state index in [1.54, 1.807) is 34.3 Å². The zero-order valence-electron chi connectivity index (χ0n) is 15.7. The first kappa shape index (κ1) is 19.1.